The average molecular weight is 288 g/mol. The van der Waals surface area contributed by atoms with Gasteiger partial charge in [0.15, 0.2) is 0 Å². The van der Waals surface area contributed by atoms with E-state index in [1.165, 1.54) is 0 Å². The van der Waals surface area contributed by atoms with Crippen molar-refractivity contribution in [1.82, 2.24) is 4.90 Å². The van der Waals surface area contributed by atoms with Gasteiger partial charge in [0.05, 0.1) is 5.92 Å². The van der Waals surface area contributed by atoms with Crippen LogP contribution in [-0.2, 0) is 9.53 Å². The Morgan fingerprint density at radius 1 is 1.29 bits per heavy atom. The molecule has 4 heteroatoms. The molecule has 2 aliphatic heterocycles. The number of nitrogens with one attached hydrogen (secondary N) is 1. The highest BCUT2D eigenvalue weighted by Crippen LogP contribution is 2.35. The first-order chi connectivity index (χ1) is 10.2. The first kappa shape index (κ1) is 14.4. The second kappa shape index (κ2) is 6.06. The van der Waals surface area contributed by atoms with Crippen LogP contribution in [0, 0.1) is 0 Å². The standard InChI is InChI=1S/C17H24N2O2/c1-12-11-15(14-5-3-4-6-16(14)18-12)17(20)19(2)13-7-9-21-10-8-13/h3-6,12-13,15,18H,7-11H2,1-2H3. The van der Waals surface area contributed by atoms with E-state index >= 15 is 0 Å². The van der Waals surface area contributed by atoms with Crippen LogP contribution < -0.4 is 5.32 Å². The lowest BCUT2D eigenvalue weighted by molar-refractivity contribution is -0.135. The molecule has 3 rings (SSSR count). The van der Waals surface area contributed by atoms with Gasteiger partial charge in [-0.15, -0.1) is 0 Å². The maximum atomic E-state index is 13.0. The number of carbonyl (C=O) groups is 1. The Balaban J connectivity index is 1.80. The summed E-state index contributed by atoms with van der Waals surface area (Å²) in [5, 5.41) is 3.47. The van der Waals surface area contributed by atoms with Gasteiger partial charge in [0.2, 0.25) is 5.91 Å². The summed E-state index contributed by atoms with van der Waals surface area (Å²) in [7, 11) is 1.95. The number of hydrogen-bond acceptors (Lipinski definition) is 3. The topological polar surface area (TPSA) is 41.6 Å². The number of anilines is 1. The van der Waals surface area contributed by atoms with Crippen molar-refractivity contribution in [2.24, 2.45) is 0 Å². The molecule has 2 unspecified atom stereocenters. The highest BCUT2D eigenvalue weighted by molar-refractivity contribution is 5.86. The maximum absolute atomic E-state index is 13.0. The zero-order chi connectivity index (χ0) is 14.8. The van der Waals surface area contributed by atoms with Gasteiger partial charge in [0.1, 0.15) is 0 Å². The second-order valence-electron chi connectivity index (χ2n) is 6.21. The molecule has 0 radical (unpaired) electrons. The third-order valence-corrected chi connectivity index (χ3v) is 4.71. The number of benzene rings is 1. The second-order valence-corrected chi connectivity index (χ2v) is 6.21. The number of nitrogens with zero attached hydrogens (tertiary/aromatic N) is 1. The van der Waals surface area contributed by atoms with E-state index in [0.717, 1.165) is 43.7 Å². The number of likely N-dealkylation sites (N-methyl/N-ethyl adjacent to an activating group) is 1. The van der Waals surface area contributed by atoms with E-state index in [-0.39, 0.29) is 11.8 Å². The molecule has 114 valence electrons. The van der Waals surface area contributed by atoms with Crippen LogP contribution in [0.1, 0.15) is 37.7 Å². The molecule has 1 aromatic carbocycles. The number of amides is 1. The van der Waals surface area contributed by atoms with Crippen LogP contribution in [0.25, 0.3) is 0 Å². The van der Waals surface area contributed by atoms with Crippen molar-refractivity contribution in [3.63, 3.8) is 0 Å². The first-order valence-electron chi connectivity index (χ1n) is 7.86. The Morgan fingerprint density at radius 2 is 2.00 bits per heavy atom. The molecule has 0 saturated carbocycles. The summed E-state index contributed by atoms with van der Waals surface area (Å²) in [5.41, 5.74) is 2.24. The van der Waals surface area contributed by atoms with Gasteiger partial charge < -0.3 is 15.0 Å². The molecule has 0 aromatic heterocycles. The minimum atomic E-state index is -0.0229. The third-order valence-electron chi connectivity index (χ3n) is 4.71. The smallest absolute Gasteiger partial charge is 0.230 e. The molecule has 2 aliphatic rings. The molecule has 0 spiro atoms. The van der Waals surface area contributed by atoms with Crippen molar-refractivity contribution in [3.05, 3.63) is 29.8 Å². The summed E-state index contributed by atoms with van der Waals surface area (Å²) in [5.74, 6) is 0.230. The predicted molar refractivity (Wildman–Crippen MR) is 83.5 cm³/mol. The van der Waals surface area contributed by atoms with Gasteiger partial charge in [0.25, 0.3) is 0 Å². The lowest BCUT2D eigenvalue weighted by atomic mass is 9.86. The summed E-state index contributed by atoms with van der Waals surface area (Å²) >= 11 is 0. The molecule has 2 atom stereocenters. The van der Waals surface area contributed by atoms with E-state index < -0.39 is 0 Å². The molecular formula is C17H24N2O2. The predicted octanol–water partition coefficient (Wildman–Crippen LogP) is 2.61. The van der Waals surface area contributed by atoms with Crippen molar-refractivity contribution in [1.29, 1.82) is 0 Å². The van der Waals surface area contributed by atoms with E-state index in [2.05, 4.69) is 24.4 Å². The number of rotatable bonds is 2. The molecule has 4 nitrogen and oxygen atoms in total. The fraction of sp³-hybridized carbons (Fsp3) is 0.588. The molecule has 0 aliphatic carbocycles. The van der Waals surface area contributed by atoms with Crippen LogP contribution in [-0.4, -0.2) is 43.2 Å². The fourth-order valence-corrected chi connectivity index (χ4v) is 3.47. The maximum Gasteiger partial charge on any atom is 0.230 e. The zero-order valence-electron chi connectivity index (χ0n) is 12.8. The number of carbonyl (C=O) groups excluding carboxylic acids is 1. The normalized spacial score (nSPS) is 25.8. The number of ether oxygens (including phenoxy) is 1. The Hall–Kier alpha value is -1.55. The van der Waals surface area contributed by atoms with E-state index in [4.69, 9.17) is 4.74 Å². The highest BCUT2D eigenvalue weighted by Gasteiger charge is 2.33. The Morgan fingerprint density at radius 3 is 2.76 bits per heavy atom. The van der Waals surface area contributed by atoms with Gasteiger partial charge in [-0.2, -0.15) is 0 Å². The molecule has 0 bridgehead atoms. The summed E-state index contributed by atoms with van der Waals surface area (Å²) in [6.07, 6.45) is 2.76. The highest BCUT2D eigenvalue weighted by atomic mass is 16.5. The number of hydrogen-bond donors (Lipinski definition) is 1. The van der Waals surface area contributed by atoms with Gasteiger partial charge >= 0.3 is 0 Å². The van der Waals surface area contributed by atoms with Crippen molar-refractivity contribution in [2.75, 3.05) is 25.6 Å². The molecule has 21 heavy (non-hydrogen) atoms. The minimum Gasteiger partial charge on any atom is -0.382 e. The van der Waals surface area contributed by atoms with Crippen LogP contribution in [0.15, 0.2) is 24.3 Å². The molecule has 1 fully saturated rings. The number of fused-ring (bicyclic) bond motifs is 1. The van der Waals surface area contributed by atoms with Crippen LogP contribution in [0.2, 0.25) is 0 Å². The Bertz CT molecular complexity index is 511. The van der Waals surface area contributed by atoms with Gasteiger partial charge in [0, 0.05) is 38.0 Å². The van der Waals surface area contributed by atoms with Crippen LogP contribution in [0.3, 0.4) is 0 Å². The van der Waals surface area contributed by atoms with Gasteiger partial charge in [-0.3, -0.25) is 4.79 Å². The summed E-state index contributed by atoms with van der Waals surface area (Å²) < 4.78 is 5.40. The summed E-state index contributed by atoms with van der Waals surface area (Å²) in [6, 6.07) is 8.84. The molecule has 2 heterocycles. The monoisotopic (exact) mass is 288 g/mol. The zero-order valence-corrected chi connectivity index (χ0v) is 12.8. The number of para-hydroxylation sites is 1. The van der Waals surface area contributed by atoms with Crippen molar-refractivity contribution in [2.45, 2.75) is 44.2 Å². The molecule has 1 N–H and O–H groups in total. The van der Waals surface area contributed by atoms with Crippen molar-refractivity contribution >= 4 is 11.6 Å². The van der Waals surface area contributed by atoms with Gasteiger partial charge in [-0.1, -0.05) is 18.2 Å². The van der Waals surface area contributed by atoms with E-state index in [1.54, 1.807) is 0 Å². The lowest BCUT2D eigenvalue weighted by Gasteiger charge is -2.37. The van der Waals surface area contributed by atoms with E-state index in [1.807, 2.05) is 24.1 Å². The molecule has 1 saturated heterocycles. The quantitative estimate of drug-likeness (QED) is 0.909. The minimum absolute atomic E-state index is 0.0229. The van der Waals surface area contributed by atoms with Crippen LogP contribution in [0.5, 0.6) is 0 Å². The molecular weight excluding hydrogens is 264 g/mol. The van der Waals surface area contributed by atoms with Crippen molar-refractivity contribution in [3.8, 4) is 0 Å². The Kier molecular flexibility index (Phi) is 4.15. The van der Waals surface area contributed by atoms with Crippen LogP contribution in [0.4, 0.5) is 5.69 Å². The van der Waals surface area contributed by atoms with Crippen molar-refractivity contribution < 1.29 is 9.53 Å². The molecule has 1 aromatic rings. The fourth-order valence-electron chi connectivity index (χ4n) is 3.47. The van der Waals surface area contributed by atoms with E-state index in [0.29, 0.717) is 12.1 Å². The SMILES string of the molecule is CC1CC(C(=O)N(C)C2CCOCC2)c2ccccc2N1. The average Bonchev–Trinajstić information content (AvgIpc) is 2.53. The Labute approximate surface area is 126 Å². The van der Waals surface area contributed by atoms with E-state index in [9.17, 15) is 4.79 Å². The lowest BCUT2D eigenvalue weighted by Crippen LogP contribution is -2.44. The largest absolute Gasteiger partial charge is 0.382 e. The summed E-state index contributed by atoms with van der Waals surface area (Å²) in [4.78, 5) is 14.9. The van der Waals surface area contributed by atoms with Gasteiger partial charge in [-0.05, 0) is 37.8 Å². The van der Waals surface area contributed by atoms with Crippen LogP contribution >= 0.6 is 0 Å². The first-order valence-corrected chi connectivity index (χ1v) is 7.86. The summed E-state index contributed by atoms with van der Waals surface area (Å²) in [6.45, 7) is 3.67. The third kappa shape index (κ3) is 2.91. The van der Waals surface area contributed by atoms with Gasteiger partial charge in [-0.25, -0.2) is 0 Å². The molecule has 1 amide bonds.